The van der Waals surface area contributed by atoms with Crippen molar-refractivity contribution in [2.75, 3.05) is 0 Å². The highest BCUT2D eigenvalue weighted by Gasteiger charge is 2.17. The molecular formula is C24H24O3. The first-order valence-electron chi connectivity index (χ1n) is 9.23. The molecule has 1 N–H and O–H groups in total. The average Bonchev–Trinajstić information content (AvgIpc) is 2.65. The molecule has 0 heterocycles. The Morgan fingerprint density at radius 1 is 0.741 bits per heavy atom. The van der Waals surface area contributed by atoms with Gasteiger partial charge in [0.15, 0.2) is 5.78 Å². The summed E-state index contributed by atoms with van der Waals surface area (Å²) in [6, 6.07) is 16.5. The van der Waals surface area contributed by atoms with Crippen LogP contribution in [-0.2, 0) is 0 Å². The zero-order valence-electron chi connectivity index (χ0n) is 16.1. The fourth-order valence-electron chi connectivity index (χ4n) is 3.30. The number of aromatic carboxylic acids is 1. The predicted octanol–water partition coefficient (Wildman–Crippen LogP) is 6.02. The Morgan fingerprint density at radius 2 is 1.33 bits per heavy atom. The molecule has 0 atom stereocenters. The van der Waals surface area contributed by atoms with Gasteiger partial charge >= 0.3 is 5.97 Å². The minimum Gasteiger partial charge on any atom is -0.478 e. The number of carboxylic acids is 1. The molecule has 0 bridgehead atoms. The van der Waals surface area contributed by atoms with Crippen LogP contribution in [-0.4, -0.2) is 16.9 Å². The van der Waals surface area contributed by atoms with Gasteiger partial charge in [-0.15, -0.1) is 0 Å². The van der Waals surface area contributed by atoms with Gasteiger partial charge in [-0.2, -0.15) is 0 Å². The second-order valence-electron chi connectivity index (χ2n) is 7.57. The second-order valence-corrected chi connectivity index (χ2v) is 7.57. The number of rotatable bonds is 5. The van der Waals surface area contributed by atoms with Crippen LogP contribution in [0.3, 0.4) is 0 Å². The molecule has 0 aromatic heterocycles. The van der Waals surface area contributed by atoms with Crippen molar-refractivity contribution in [3.05, 3.63) is 82.4 Å². The normalized spacial score (nSPS) is 11.3. The van der Waals surface area contributed by atoms with E-state index in [2.05, 4.69) is 33.8 Å². The fourth-order valence-corrected chi connectivity index (χ4v) is 3.30. The highest BCUT2D eigenvalue weighted by Crippen LogP contribution is 2.28. The third-order valence-electron chi connectivity index (χ3n) is 4.96. The molecule has 0 unspecified atom stereocenters. The quantitative estimate of drug-likeness (QED) is 0.566. The Balaban J connectivity index is 2.05. The van der Waals surface area contributed by atoms with Gasteiger partial charge in [-0.25, -0.2) is 4.79 Å². The minimum atomic E-state index is -0.955. The van der Waals surface area contributed by atoms with Crippen molar-refractivity contribution >= 4 is 22.5 Å². The number of carbonyl (C=O) groups excluding carboxylic acids is 1. The SMILES string of the molecule is CC(C)c1ccc(C(=O)c2ccc3cc(C(=O)O)ccc3c2)c(C(C)C)c1. The Morgan fingerprint density at radius 3 is 1.89 bits per heavy atom. The van der Waals surface area contributed by atoms with E-state index in [-0.39, 0.29) is 17.3 Å². The van der Waals surface area contributed by atoms with Crippen molar-refractivity contribution in [1.29, 1.82) is 0 Å². The van der Waals surface area contributed by atoms with Gasteiger partial charge in [-0.05, 0) is 51.9 Å². The third kappa shape index (κ3) is 3.77. The number of benzene rings is 3. The van der Waals surface area contributed by atoms with Crippen LogP contribution in [0, 0.1) is 0 Å². The average molecular weight is 360 g/mol. The molecule has 27 heavy (non-hydrogen) atoms. The Kier molecular flexibility index (Phi) is 5.13. The molecule has 0 radical (unpaired) electrons. The van der Waals surface area contributed by atoms with Gasteiger partial charge in [0.05, 0.1) is 5.56 Å². The molecule has 138 valence electrons. The molecule has 3 heteroatoms. The fraction of sp³-hybridized carbons (Fsp3) is 0.250. The summed E-state index contributed by atoms with van der Waals surface area (Å²) in [4.78, 5) is 24.3. The highest BCUT2D eigenvalue weighted by molar-refractivity contribution is 6.11. The molecule has 0 aliphatic carbocycles. The van der Waals surface area contributed by atoms with Crippen molar-refractivity contribution in [2.45, 2.75) is 39.5 Å². The van der Waals surface area contributed by atoms with E-state index in [4.69, 9.17) is 5.11 Å². The number of hydrogen-bond acceptors (Lipinski definition) is 2. The van der Waals surface area contributed by atoms with Crippen LogP contribution in [0.4, 0.5) is 0 Å². The summed E-state index contributed by atoms with van der Waals surface area (Å²) >= 11 is 0. The summed E-state index contributed by atoms with van der Waals surface area (Å²) in [7, 11) is 0. The molecule has 0 saturated heterocycles. The zero-order chi connectivity index (χ0) is 19.7. The standard InChI is InChI=1S/C24H24O3/c1-14(2)16-9-10-21(22(13-16)15(3)4)23(25)19-7-5-18-12-20(24(26)27)8-6-17(18)11-19/h5-15H,1-4H3,(H,26,27). The van der Waals surface area contributed by atoms with E-state index in [1.807, 2.05) is 24.3 Å². The maximum absolute atomic E-state index is 13.2. The van der Waals surface area contributed by atoms with E-state index in [1.54, 1.807) is 24.3 Å². The van der Waals surface area contributed by atoms with Crippen LogP contribution in [0.5, 0.6) is 0 Å². The lowest BCUT2D eigenvalue weighted by Crippen LogP contribution is -2.08. The number of carboxylic acid groups (broad SMARTS) is 1. The van der Waals surface area contributed by atoms with Crippen molar-refractivity contribution in [1.82, 2.24) is 0 Å². The van der Waals surface area contributed by atoms with Crippen LogP contribution >= 0.6 is 0 Å². The number of fused-ring (bicyclic) bond motifs is 1. The van der Waals surface area contributed by atoms with Gasteiger partial charge in [0.1, 0.15) is 0 Å². The molecular weight excluding hydrogens is 336 g/mol. The first kappa shape index (κ1) is 18.8. The third-order valence-corrected chi connectivity index (χ3v) is 4.96. The summed E-state index contributed by atoms with van der Waals surface area (Å²) < 4.78 is 0. The van der Waals surface area contributed by atoms with Crippen molar-refractivity contribution < 1.29 is 14.7 Å². The molecule has 0 saturated carbocycles. The van der Waals surface area contributed by atoms with Crippen molar-refractivity contribution in [3.63, 3.8) is 0 Å². The summed E-state index contributed by atoms with van der Waals surface area (Å²) in [6.07, 6.45) is 0. The Labute approximate surface area is 159 Å². The van der Waals surface area contributed by atoms with Crippen LogP contribution in [0.25, 0.3) is 10.8 Å². The smallest absolute Gasteiger partial charge is 0.335 e. The largest absolute Gasteiger partial charge is 0.478 e. The van der Waals surface area contributed by atoms with Gasteiger partial charge in [0.25, 0.3) is 0 Å². The van der Waals surface area contributed by atoms with Gasteiger partial charge < -0.3 is 5.11 Å². The van der Waals surface area contributed by atoms with Gasteiger partial charge in [0, 0.05) is 11.1 Å². The van der Waals surface area contributed by atoms with Crippen LogP contribution < -0.4 is 0 Å². The van der Waals surface area contributed by atoms with Crippen LogP contribution in [0.2, 0.25) is 0 Å². The number of carbonyl (C=O) groups is 2. The monoisotopic (exact) mass is 360 g/mol. The second kappa shape index (κ2) is 7.36. The predicted molar refractivity (Wildman–Crippen MR) is 109 cm³/mol. The highest BCUT2D eigenvalue weighted by atomic mass is 16.4. The molecule has 0 fully saturated rings. The lowest BCUT2D eigenvalue weighted by atomic mass is 9.88. The lowest BCUT2D eigenvalue weighted by Gasteiger charge is -2.16. The van der Waals surface area contributed by atoms with Gasteiger partial charge in [-0.3, -0.25) is 4.79 Å². The summed E-state index contributed by atoms with van der Waals surface area (Å²) in [5.74, 6) is -0.293. The van der Waals surface area contributed by atoms with E-state index in [9.17, 15) is 9.59 Å². The molecule has 3 nitrogen and oxygen atoms in total. The molecule has 3 rings (SSSR count). The zero-order valence-corrected chi connectivity index (χ0v) is 16.1. The Bertz CT molecular complexity index is 1030. The maximum atomic E-state index is 13.2. The van der Waals surface area contributed by atoms with E-state index in [0.717, 1.165) is 21.9 Å². The summed E-state index contributed by atoms with van der Waals surface area (Å²) in [5, 5.41) is 10.8. The van der Waals surface area contributed by atoms with E-state index in [1.165, 1.54) is 5.56 Å². The first-order chi connectivity index (χ1) is 12.8. The topological polar surface area (TPSA) is 54.4 Å². The molecule has 0 spiro atoms. The number of ketones is 1. The first-order valence-corrected chi connectivity index (χ1v) is 9.23. The minimum absolute atomic E-state index is 0.00165. The van der Waals surface area contributed by atoms with Crippen molar-refractivity contribution in [3.8, 4) is 0 Å². The molecule has 3 aromatic rings. The maximum Gasteiger partial charge on any atom is 0.335 e. The molecule has 0 aliphatic heterocycles. The van der Waals surface area contributed by atoms with Crippen LogP contribution in [0.15, 0.2) is 54.6 Å². The summed E-state index contributed by atoms with van der Waals surface area (Å²) in [5.41, 5.74) is 3.89. The lowest BCUT2D eigenvalue weighted by molar-refractivity contribution is 0.0697. The summed E-state index contributed by atoms with van der Waals surface area (Å²) in [6.45, 7) is 8.50. The molecule has 0 aliphatic rings. The molecule has 0 amide bonds. The van der Waals surface area contributed by atoms with Gasteiger partial charge in [0.2, 0.25) is 0 Å². The Hall–Kier alpha value is -2.94. The van der Waals surface area contributed by atoms with E-state index in [0.29, 0.717) is 11.5 Å². The van der Waals surface area contributed by atoms with Gasteiger partial charge in [-0.1, -0.05) is 64.1 Å². The van der Waals surface area contributed by atoms with E-state index >= 15 is 0 Å². The van der Waals surface area contributed by atoms with Crippen molar-refractivity contribution in [2.24, 2.45) is 0 Å². The van der Waals surface area contributed by atoms with E-state index < -0.39 is 5.97 Å². The van der Waals surface area contributed by atoms with Crippen LogP contribution in [0.1, 0.15) is 76.9 Å². The molecule has 3 aromatic carbocycles. The number of hydrogen-bond donors (Lipinski definition) is 1.